The number of pyridine rings is 1. The molecule has 4 heteroatoms. The maximum atomic E-state index is 4.41. The lowest BCUT2D eigenvalue weighted by molar-refractivity contribution is 0.483. The lowest BCUT2D eigenvalue weighted by atomic mass is 9.92. The second kappa shape index (κ2) is 6.23. The minimum atomic E-state index is 0. The molecule has 1 aromatic heterocycles. The lowest BCUT2D eigenvalue weighted by Crippen LogP contribution is -2.22. The zero-order valence-electron chi connectivity index (χ0n) is 8.19. The number of nitrogens with zero attached hydrogens (tertiary/aromatic N) is 1. The largest absolute Gasteiger partial charge is 0.312 e. The molecular formula is C10H16Cl2N2. The van der Waals surface area contributed by atoms with E-state index in [0.29, 0.717) is 6.04 Å². The van der Waals surface area contributed by atoms with Crippen molar-refractivity contribution in [1.29, 1.82) is 0 Å². The Balaban J connectivity index is 0.000000845. The molecule has 0 bridgehead atoms. The third-order valence-electron chi connectivity index (χ3n) is 2.54. The summed E-state index contributed by atoms with van der Waals surface area (Å²) in [5.74, 6) is 0. The van der Waals surface area contributed by atoms with Gasteiger partial charge in [-0.25, -0.2) is 0 Å². The quantitative estimate of drug-likeness (QED) is 0.809. The second-order valence-corrected chi connectivity index (χ2v) is 3.28. The van der Waals surface area contributed by atoms with Crippen molar-refractivity contribution < 1.29 is 0 Å². The van der Waals surface area contributed by atoms with Crippen molar-refractivity contribution in [3.8, 4) is 0 Å². The van der Waals surface area contributed by atoms with Gasteiger partial charge in [-0.2, -0.15) is 0 Å². The smallest absolute Gasteiger partial charge is 0.0604 e. The van der Waals surface area contributed by atoms with Gasteiger partial charge >= 0.3 is 0 Å². The van der Waals surface area contributed by atoms with E-state index in [-0.39, 0.29) is 24.8 Å². The SMILES string of the molecule is CN[C@@H]1CCCc2cccnc21.Cl.Cl. The van der Waals surface area contributed by atoms with Gasteiger partial charge in [0.1, 0.15) is 0 Å². The lowest BCUT2D eigenvalue weighted by Gasteiger charge is -2.23. The van der Waals surface area contributed by atoms with E-state index in [9.17, 15) is 0 Å². The summed E-state index contributed by atoms with van der Waals surface area (Å²) >= 11 is 0. The van der Waals surface area contributed by atoms with E-state index in [1.165, 1.54) is 30.5 Å². The van der Waals surface area contributed by atoms with Gasteiger partial charge in [-0.1, -0.05) is 6.07 Å². The Labute approximate surface area is 97.3 Å². The first-order valence-electron chi connectivity index (χ1n) is 4.53. The molecule has 2 rings (SSSR count). The maximum absolute atomic E-state index is 4.41. The van der Waals surface area contributed by atoms with Gasteiger partial charge in [0.05, 0.1) is 5.69 Å². The average Bonchev–Trinajstić information content (AvgIpc) is 2.17. The monoisotopic (exact) mass is 234 g/mol. The summed E-state index contributed by atoms with van der Waals surface area (Å²) in [6.45, 7) is 0. The Bertz CT molecular complexity index is 279. The summed E-state index contributed by atoms with van der Waals surface area (Å²) < 4.78 is 0. The van der Waals surface area contributed by atoms with Crippen molar-refractivity contribution in [3.05, 3.63) is 29.6 Å². The van der Waals surface area contributed by atoms with Crippen LogP contribution in [0.3, 0.4) is 0 Å². The van der Waals surface area contributed by atoms with E-state index in [1.807, 2.05) is 19.3 Å². The molecule has 1 atom stereocenters. The number of hydrogen-bond acceptors (Lipinski definition) is 2. The fraction of sp³-hybridized carbons (Fsp3) is 0.500. The summed E-state index contributed by atoms with van der Waals surface area (Å²) in [5.41, 5.74) is 2.68. The fourth-order valence-electron chi connectivity index (χ4n) is 1.89. The molecule has 0 unspecified atom stereocenters. The Hall–Kier alpha value is -0.310. The van der Waals surface area contributed by atoms with E-state index in [2.05, 4.69) is 16.4 Å². The maximum Gasteiger partial charge on any atom is 0.0604 e. The number of nitrogens with one attached hydrogen (secondary N) is 1. The Morgan fingerprint density at radius 2 is 2.21 bits per heavy atom. The van der Waals surface area contributed by atoms with Crippen LogP contribution < -0.4 is 5.32 Å². The molecule has 0 spiro atoms. The standard InChI is InChI=1S/C10H14N2.2ClH/c1-11-9-6-2-4-8-5-3-7-12-10(8)9;;/h3,5,7,9,11H,2,4,6H2,1H3;2*1H/t9-;;/m1../s1. The van der Waals surface area contributed by atoms with Gasteiger partial charge in [0.25, 0.3) is 0 Å². The normalized spacial score (nSPS) is 18.8. The Morgan fingerprint density at radius 3 is 2.93 bits per heavy atom. The molecule has 0 radical (unpaired) electrons. The van der Waals surface area contributed by atoms with Crippen molar-refractivity contribution >= 4 is 24.8 Å². The molecule has 0 aliphatic heterocycles. The van der Waals surface area contributed by atoms with Crippen LogP contribution in [-0.2, 0) is 6.42 Å². The van der Waals surface area contributed by atoms with Crippen LogP contribution in [0.5, 0.6) is 0 Å². The van der Waals surface area contributed by atoms with Crippen molar-refractivity contribution in [2.45, 2.75) is 25.3 Å². The molecule has 2 nitrogen and oxygen atoms in total. The van der Waals surface area contributed by atoms with Crippen molar-refractivity contribution in [1.82, 2.24) is 10.3 Å². The van der Waals surface area contributed by atoms with Crippen LogP contribution in [-0.4, -0.2) is 12.0 Å². The molecule has 80 valence electrons. The molecule has 1 aliphatic carbocycles. The molecule has 0 amide bonds. The van der Waals surface area contributed by atoms with Crippen LogP contribution in [0.4, 0.5) is 0 Å². The highest BCUT2D eigenvalue weighted by Gasteiger charge is 2.18. The second-order valence-electron chi connectivity index (χ2n) is 3.28. The van der Waals surface area contributed by atoms with Crippen LogP contribution in [0, 0.1) is 0 Å². The molecule has 1 aromatic rings. The van der Waals surface area contributed by atoms with Crippen molar-refractivity contribution in [3.63, 3.8) is 0 Å². The van der Waals surface area contributed by atoms with E-state index in [4.69, 9.17) is 0 Å². The molecule has 1 aliphatic rings. The predicted molar refractivity (Wildman–Crippen MR) is 63.5 cm³/mol. The molecule has 0 saturated carbocycles. The van der Waals surface area contributed by atoms with Crippen LogP contribution in [0.1, 0.15) is 30.1 Å². The number of aryl methyl sites for hydroxylation is 1. The van der Waals surface area contributed by atoms with Crippen LogP contribution in [0.25, 0.3) is 0 Å². The van der Waals surface area contributed by atoms with Gasteiger partial charge in [0, 0.05) is 12.2 Å². The van der Waals surface area contributed by atoms with Crippen molar-refractivity contribution in [2.75, 3.05) is 7.05 Å². The average molecular weight is 235 g/mol. The third-order valence-corrected chi connectivity index (χ3v) is 2.54. The van der Waals surface area contributed by atoms with Gasteiger partial charge in [-0.15, -0.1) is 24.8 Å². The first-order valence-corrected chi connectivity index (χ1v) is 4.53. The molecule has 14 heavy (non-hydrogen) atoms. The summed E-state index contributed by atoms with van der Waals surface area (Å²) in [7, 11) is 2.01. The predicted octanol–water partition coefficient (Wildman–Crippen LogP) is 2.52. The molecule has 0 aromatic carbocycles. The molecule has 1 N–H and O–H groups in total. The number of aromatic nitrogens is 1. The minimum absolute atomic E-state index is 0. The van der Waals surface area contributed by atoms with E-state index < -0.39 is 0 Å². The fourth-order valence-corrected chi connectivity index (χ4v) is 1.89. The first kappa shape index (κ1) is 13.7. The van der Waals surface area contributed by atoms with E-state index in [1.54, 1.807) is 0 Å². The van der Waals surface area contributed by atoms with E-state index in [0.717, 1.165) is 0 Å². The zero-order chi connectivity index (χ0) is 8.39. The number of rotatable bonds is 1. The van der Waals surface area contributed by atoms with Crippen LogP contribution in [0.2, 0.25) is 0 Å². The van der Waals surface area contributed by atoms with Gasteiger partial charge < -0.3 is 5.32 Å². The number of halogens is 2. The van der Waals surface area contributed by atoms with Gasteiger partial charge in [-0.3, -0.25) is 4.98 Å². The van der Waals surface area contributed by atoms with Crippen molar-refractivity contribution in [2.24, 2.45) is 0 Å². The van der Waals surface area contributed by atoms with Crippen LogP contribution in [0.15, 0.2) is 18.3 Å². The highest BCUT2D eigenvalue weighted by atomic mass is 35.5. The highest BCUT2D eigenvalue weighted by Crippen LogP contribution is 2.26. The molecule has 0 saturated heterocycles. The topological polar surface area (TPSA) is 24.9 Å². The molecule has 0 fully saturated rings. The van der Waals surface area contributed by atoms with Crippen LogP contribution >= 0.6 is 24.8 Å². The zero-order valence-corrected chi connectivity index (χ0v) is 9.83. The molecule has 1 heterocycles. The van der Waals surface area contributed by atoms with Gasteiger partial charge in [0.2, 0.25) is 0 Å². The number of fused-ring (bicyclic) bond motifs is 1. The Morgan fingerprint density at radius 1 is 1.43 bits per heavy atom. The highest BCUT2D eigenvalue weighted by molar-refractivity contribution is 5.85. The Kier molecular flexibility index (Phi) is 6.09. The van der Waals surface area contributed by atoms with Gasteiger partial charge in [-0.05, 0) is 37.9 Å². The van der Waals surface area contributed by atoms with Gasteiger partial charge in [0.15, 0.2) is 0 Å². The first-order chi connectivity index (χ1) is 5.92. The molecular weight excluding hydrogens is 219 g/mol. The minimum Gasteiger partial charge on any atom is -0.312 e. The summed E-state index contributed by atoms with van der Waals surface area (Å²) in [5, 5.41) is 3.30. The summed E-state index contributed by atoms with van der Waals surface area (Å²) in [6.07, 6.45) is 5.58. The summed E-state index contributed by atoms with van der Waals surface area (Å²) in [6, 6.07) is 4.69. The van der Waals surface area contributed by atoms with E-state index >= 15 is 0 Å². The third kappa shape index (κ3) is 2.59. The number of hydrogen-bond donors (Lipinski definition) is 1. The summed E-state index contributed by atoms with van der Waals surface area (Å²) in [4.78, 5) is 4.41.